The number of hydrogen-bond acceptors (Lipinski definition) is 3. The number of carbonyl (C=O) groups is 2. The summed E-state index contributed by atoms with van der Waals surface area (Å²) < 4.78 is 5.31. The number of nitrogens with zero attached hydrogens (tertiary/aromatic N) is 1. The predicted octanol–water partition coefficient (Wildman–Crippen LogP) is 0.733. The first-order valence-corrected chi connectivity index (χ1v) is 6.58. The second-order valence-electron chi connectivity index (χ2n) is 6.31. The van der Waals surface area contributed by atoms with Gasteiger partial charge in [-0.05, 0) is 30.1 Å². The molecule has 0 aromatic carbocycles. The van der Waals surface area contributed by atoms with Gasteiger partial charge in [-0.3, -0.25) is 4.79 Å². The third kappa shape index (κ3) is 1.64. The first kappa shape index (κ1) is 12.0. The highest BCUT2D eigenvalue weighted by Crippen LogP contribution is 2.62. The minimum Gasteiger partial charge on any atom is -0.479 e. The highest BCUT2D eigenvalue weighted by atomic mass is 16.5. The van der Waals surface area contributed by atoms with Crippen LogP contribution in [-0.4, -0.2) is 47.2 Å². The molecule has 1 N–H and O–H groups in total. The minimum absolute atomic E-state index is 0.0123. The Morgan fingerprint density at radius 2 is 1.72 bits per heavy atom. The Hall–Kier alpha value is -1.10. The maximum Gasteiger partial charge on any atom is 0.332 e. The summed E-state index contributed by atoms with van der Waals surface area (Å²) >= 11 is 0. The summed E-state index contributed by atoms with van der Waals surface area (Å²) in [4.78, 5) is 24.8. The molecule has 100 valence electrons. The molecule has 4 atom stereocenters. The second-order valence-corrected chi connectivity index (χ2v) is 6.31. The molecule has 18 heavy (non-hydrogen) atoms. The number of piperidine rings is 1. The number of hydrogen-bond donors (Lipinski definition) is 1. The van der Waals surface area contributed by atoms with Crippen LogP contribution in [0.1, 0.15) is 26.7 Å². The Kier molecular flexibility index (Phi) is 2.46. The van der Waals surface area contributed by atoms with Gasteiger partial charge in [-0.2, -0.15) is 0 Å². The van der Waals surface area contributed by atoms with Gasteiger partial charge in [-0.25, -0.2) is 4.79 Å². The number of amides is 1. The number of likely N-dealkylation sites (tertiary alicyclic amines) is 1. The third-order valence-electron chi connectivity index (χ3n) is 5.00. The zero-order valence-electron chi connectivity index (χ0n) is 10.8. The van der Waals surface area contributed by atoms with Crippen molar-refractivity contribution < 1.29 is 19.4 Å². The van der Waals surface area contributed by atoms with Crippen LogP contribution in [0.4, 0.5) is 0 Å². The van der Waals surface area contributed by atoms with Crippen molar-refractivity contribution in [1.29, 1.82) is 0 Å². The van der Waals surface area contributed by atoms with E-state index in [1.165, 1.54) is 0 Å². The second kappa shape index (κ2) is 3.70. The van der Waals surface area contributed by atoms with Crippen molar-refractivity contribution in [3.8, 4) is 0 Å². The molecule has 0 bridgehead atoms. The van der Waals surface area contributed by atoms with E-state index in [4.69, 9.17) is 9.84 Å². The zero-order chi connectivity index (χ0) is 13.1. The van der Waals surface area contributed by atoms with Crippen molar-refractivity contribution >= 4 is 11.9 Å². The monoisotopic (exact) mass is 253 g/mol. The van der Waals surface area contributed by atoms with Crippen LogP contribution in [0.15, 0.2) is 0 Å². The van der Waals surface area contributed by atoms with E-state index < -0.39 is 18.2 Å². The van der Waals surface area contributed by atoms with Crippen LogP contribution in [0.3, 0.4) is 0 Å². The van der Waals surface area contributed by atoms with Crippen molar-refractivity contribution in [2.24, 2.45) is 17.3 Å². The van der Waals surface area contributed by atoms with Crippen molar-refractivity contribution in [3.05, 3.63) is 0 Å². The van der Waals surface area contributed by atoms with Crippen molar-refractivity contribution in [3.63, 3.8) is 0 Å². The lowest BCUT2D eigenvalue weighted by atomic mass is 10.1. The topological polar surface area (TPSA) is 66.8 Å². The molecule has 1 amide bonds. The van der Waals surface area contributed by atoms with Gasteiger partial charge in [-0.1, -0.05) is 13.8 Å². The van der Waals surface area contributed by atoms with E-state index in [0.717, 1.165) is 13.1 Å². The Balaban J connectivity index is 1.56. The highest BCUT2D eigenvalue weighted by Gasteiger charge is 2.63. The average Bonchev–Trinajstić information content (AvgIpc) is 2.82. The van der Waals surface area contributed by atoms with Gasteiger partial charge >= 0.3 is 5.97 Å². The molecule has 0 radical (unpaired) electrons. The molecule has 3 fully saturated rings. The maximum absolute atomic E-state index is 12.2. The fourth-order valence-corrected chi connectivity index (χ4v) is 3.52. The standard InChI is InChI=1S/C13H19NO4/c1-13(2)7-5-14(6-8(7)13)11(15)9-3-4-10(18-9)12(16)17/h7-10H,3-6H2,1-2H3,(H,16,17)/t7?,8?,9-,10+/m0/s1. The summed E-state index contributed by atoms with van der Waals surface area (Å²) in [5.74, 6) is 0.272. The van der Waals surface area contributed by atoms with Crippen LogP contribution in [0.5, 0.6) is 0 Å². The summed E-state index contributed by atoms with van der Waals surface area (Å²) in [6, 6.07) is 0. The Morgan fingerprint density at radius 3 is 2.22 bits per heavy atom. The number of ether oxygens (including phenoxy) is 1. The molecule has 5 heteroatoms. The molecule has 3 rings (SSSR count). The molecule has 2 saturated heterocycles. The van der Waals surface area contributed by atoms with Gasteiger partial charge in [0.15, 0.2) is 6.10 Å². The Morgan fingerprint density at radius 1 is 1.17 bits per heavy atom. The van der Waals surface area contributed by atoms with Crippen LogP contribution >= 0.6 is 0 Å². The number of rotatable bonds is 2. The highest BCUT2D eigenvalue weighted by molar-refractivity contribution is 5.83. The first-order valence-electron chi connectivity index (χ1n) is 6.58. The minimum atomic E-state index is -0.962. The number of carboxylic acids is 1. The van der Waals surface area contributed by atoms with Crippen LogP contribution in [0.2, 0.25) is 0 Å². The molecular weight excluding hydrogens is 234 g/mol. The normalized spacial score (nSPS) is 40.7. The largest absolute Gasteiger partial charge is 0.479 e. The van der Waals surface area contributed by atoms with E-state index >= 15 is 0 Å². The summed E-state index contributed by atoms with van der Waals surface area (Å²) in [6.45, 7) is 6.12. The quantitative estimate of drug-likeness (QED) is 0.788. The van der Waals surface area contributed by atoms with Crippen molar-refractivity contribution in [2.45, 2.75) is 38.9 Å². The van der Waals surface area contributed by atoms with Gasteiger partial charge in [0.1, 0.15) is 6.10 Å². The van der Waals surface area contributed by atoms with E-state index in [0.29, 0.717) is 30.1 Å². The lowest BCUT2D eigenvalue weighted by molar-refractivity contribution is -0.154. The van der Waals surface area contributed by atoms with E-state index in [9.17, 15) is 9.59 Å². The molecule has 0 aromatic rings. The lowest BCUT2D eigenvalue weighted by Crippen LogP contribution is -2.40. The smallest absolute Gasteiger partial charge is 0.332 e. The van der Waals surface area contributed by atoms with Gasteiger partial charge in [0.2, 0.25) is 0 Å². The van der Waals surface area contributed by atoms with Gasteiger partial charge < -0.3 is 14.7 Å². The molecule has 2 unspecified atom stereocenters. The Bertz CT molecular complexity index is 392. The first-order chi connectivity index (χ1) is 8.41. The van der Waals surface area contributed by atoms with Gasteiger partial charge in [-0.15, -0.1) is 0 Å². The summed E-state index contributed by atoms with van der Waals surface area (Å²) in [5.41, 5.74) is 0.386. The maximum atomic E-state index is 12.2. The average molecular weight is 253 g/mol. The zero-order valence-corrected chi connectivity index (χ0v) is 10.8. The fourth-order valence-electron chi connectivity index (χ4n) is 3.52. The molecule has 1 saturated carbocycles. The molecule has 3 aliphatic rings. The number of aliphatic carboxylic acids is 1. The SMILES string of the molecule is CC1(C)C2CN(C(=O)[C@@H]3CC[C@H](C(=O)O)O3)CC21. The van der Waals surface area contributed by atoms with Crippen molar-refractivity contribution in [2.75, 3.05) is 13.1 Å². The summed E-state index contributed by atoms with van der Waals surface area (Å²) in [5, 5.41) is 8.85. The summed E-state index contributed by atoms with van der Waals surface area (Å²) in [7, 11) is 0. The molecule has 1 aliphatic carbocycles. The van der Waals surface area contributed by atoms with Gasteiger partial charge in [0, 0.05) is 13.1 Å². The number of carbonyl (C=O) groups excluding carboxylic acids is 1. The lowest BCUT2D eigenvalue weighted by Gasteiger charge is -2.24. The van der Waals surface area contributed by atoms with Gasteiger partial charge in [0.25, 0.3) is 5.91 Å². The number of fused-ring (bicyclic) bond motifs is 1. The van der Waals surface area contributed by atoms with E-state index in [1.807, 2.05) is 4.90 Å². The van der Waals surface area contributed by atoms with Crippen LogP contribution in [0.25, 0.3) is 0 Å². The molecule has 0 spiro atoms. The molecule has 2 heterocycles. The molecule has 5 nitrogen and oxygen atoms in total. The van der Waals surface area contributed by atoms with Crippen LogP contribution in [0, 0.1) is 17.3 Å². The molecule has 2 aliphatic heterocycles. The summed E-state index contributed by atoms with van der Waals surface area (Å²) in [6.07, 6.45) is -0.359. The van der Waals surface area contributed by atoms with E-state index in [2.05, 4.69) is 13.8 Å². The predicted molar refractivity (Wildman–Crippen MR) is 62.9 cm³/mol. The fraction of sp³-hybridized carbons (Fsp3) is 0.846. The third-order valence-corrected chi connectivity index (χ3v) is 5.00. The Labute approximate surface area is 106 Å². The van der Waals surface area contributed by atoms with E-state index in [1.54, 1.807) is 0 Å². The van der Waals surface area contributed by atoms with E-state index in [-0.39, 0.29) is 5.91 Å². The molecular formula is C13H19NO4. The van der Waals surface area contributed by atoms with Crippen molar-refractivity contribution in [1.82, 2.24) is 4.90 Å². The number of carboxylic acid groups (broad SMARTS) is 1. The molecule has 0 aromatic heterocycles. The van der Waals surface area contributed by atoms with Gasteiger partial charge in [0.05, 0.1) is 0 Å². The van der Waals surface area contributed by atoms with Crippen LogP contribution in [-0.2, 0) is 14.3 Å². The van der Waals surface area contributed by atoms with Crippen LogP contribution < -0.4 is 0 Å².